The Kier molecular flexibility index (Phi) is 5.05. The molecule has 2 rings (SSSR count). The fourth-order valence-corrected chi connectivity index (χ4v) is 3.89. The molecule has 2 aliphatic rings. The second-order valence-electron chi connectivity index (χ2n) is 6.35. The number of piperazine rings is 1. The van der Waals surface area contributed by atoms with Gasteiger partial charge in [0.1, 0.15) is 0 Å². The predicted molar refractivity (Wildman–Crippen MR) is 77.9 cm³/mol. The number of likely N-dealkylation sites (N-methyl/N-ethyl adjacent to an activating group) is 2. The highest BCUT2D eigenvalue weighted by atomic mass is 15.3. The van der Waals surface area contributed by atoms with Crippen LogP contribution < -0.4 is 5.32 Å². The lowest BCUT2D eigenvalue weighted by atomic mass is 9.82. The average molecular weight is 253 g/mol. The first kappa shape index (κ1) is 14.3. The van der Waals surface area contributed by atoms with E-state index in [1.165, 1.54) is 45.4 Å². The van der Waals surface area contributed by atoms with Crippen molar-refractivity contribution < 1.29 is 0 Å². The molecule has 0 aromatic rings. The van der Waals surface area contributed by atoms with Crippen molar-refractivity contribution in [1.29, 1.82) is 0 Å². The van der Waals surface area contributed by atoms with E-state index in [9.17, 15) is 0 Å². The topological polar surface area (TPSA) is 18.5 Å². The van der Waals surface area contributed by atoms with E-state index >= 15 is 0 Å². The summed E-state index contributed by atoms with van der Waals surface area (Å²) in [6, 6.07) is 2.19. The number of nitrogens with one attached hydrogen (secondary N) is 1. The third-order valence-corrected chi connectivity index (χ3v) is 5.12. The molecule has 1 aliphatic carbocycles. The van der Waals surface area contributed by atoms with E-state index in [1.54, 1.807) is 0 Å². The molecule has 1 saturated heterocycles. The summed E-state index contributed by atoms with van der Waals surface area (Å²) in [6.07, 6.45) is 4.13. The van der Waals surface area contributed by atoms with Crippen molar-refractivity contribution in [2.75, 3.05) is 33.2 Å². The van der Waals surface area contributed by atoms with Gasteiger partial charge in [-0.05, 0) is 45.7 Å². The molecule has 1 aliphatic heterocycles. The SMILES string of the molecule is CCN1CCN(C2CC(C)CCC2NC)CC1C. The second kappa shape index (κ2) is 6.36. The molecular weight excluding hydrogens is 222 g/mol. The van der Waals surface area contributed by atoms with Gasteiger partial charge in [0.15, 0.2) is 0 Å². The van der Waals surface area contributed by atoms with E-state index < -0.39 is 0 Å². The summed E-state index contributed by atoms with van der Waals surface area (Å²) in [4.78, 5) is 5.37. The Labute approximate surface area is 113 Å². The first-order valence-corrected chi connectivity index (χ1v) is 7.81. The molecule has 0 radical (unpaired) electrons. The lowest BCUT2D eigenvalue weighted by Crippen LogP contribution is -2.60. The molecule has 2 fully saturated rings. The first-order chi connectivity index (χ1) is 8.65. The zero-order valence-electron chi connectivity index (χ0n) is 12.7. The molecule has 0 aromatic heterocycles. The molecule has 18 heavy (non-hydrogen) atoms. The van der Waals surface area contributed by atoms with E-state index in [-0.39, 0.29) is 0 Å². The predicted octanol–water partition coefficient (Wildman–Crippen LogP) is 1.79. The maximum absolute atomic E-state index is 3.56. The van der Waals surface area contributed by atoms with Crippen LogP contribution in [0.5, 0.6) is 0 Å². The van der Waals surface area contributed by atoms with Crippen LogP contribution in [0.1, 0.15) is 40.0 Å². The summed E-state index contributed by atoms with van der Waals surface area (Å²) in [5.41, 5.74) is 0. The summed E-state index contributed by atoms with van der Waals surface area (Å²) in [5.74, 6) is 0.902. The minimum atomic E-state index is 0.710. The van der Waals surface area contributed by atoms with Crippen LogP contribution in [0.25, 0.3) is 0 Å². The van der Waals surface area contributed by atoms with Gasteiger partial charge in [-0.25, -0.2) is 0 Å². The van der Waals surface area contributed by atoms with E-state index in [1.807, 2.05) is 0 Å². The van der Waals surface area contributed by atoms with Crippen molar-refractivity contribution in [3.63, 3.8) is 0 Å². The van der Waals surface area contributed by atoms with Crippen molar-refractivity contribution >= 4 is 0 Å². The van der Waals surface area contributed by atoms with Crippen LogP contribution in [-0.2, 0) is 0 Å². The Balaban J connectivity index is 1.97. The summed E-state index contributed by atoms with van der Waals surface area (Å²) in [6.45, 7) is 12.0. The van der Waals surface area contributed by atoms with Gasteiger partial charge in [-0.15, -0.1) is 0 Å². The highest BCUT2D eigenvalue weighted by Crippen LogP contribution is 2.29. The van der Waals surface area contributed by atoms with Crippen LogP contribution in [0.2, 0.25) is 0 Å². The molecule has 0 aromatic carbocycles. The van der Waals surface area contributed by atoms with Gasteiger partial charge < -0.3 is 5.32 Å². The van der Waals surface area contributed by atoms with Gasteiger partial charge in [-0.3, -0.25) is 9.80 Å². The molecule has 1 saturated carbocycles. The van der Waals surface area contributed by atoms with Crippen LogP contribution in [0.3, 0.4) is 0 Å². The molecular formula is C15H31N3. The minimum absolute atomic E-state index is 0.710. The van der Waals surface area contributed by atoms with Crippen molar-refractivity contribution in [2.24, 2.45) is 5.92 Å². The van der Waals surface area contributed by atoms with Gasteiger partial charge in [0.25, 0.3) is 0 Å². The molecule has 0 spiro atoms. The summed E-state index contributed by atoms with van der Waals surface area (Å²) < 4.78 is 0. The zero-order chi connectivity index (χ0) is 13.1. The normalized spacial score (nSPS) is 40.0. The highest BCUT2D eigenvalue weighted by molar-refractivity contribution is 4.92. The number of rotatable bonds is 3. The summed E-state index contributed by atoms with van der Waals surface area (Å²) >= 11 is 0. The quantitative estimate of drug-likeness (QED) is 0.827. The lowest BCUT2D eigenvalue weighted by molar-refractivity contribution is 0.0261. The summed E-state index contributed by atoms with van der Waals surface area (Å²) in [5, 5.41) is 3.56. The molecule has 4 atom stereocenters. The first-order valence-electron chi connectivity index (χ1n) is 7.81. The van der Waals surface area contributed by atoms with E-state index in [2.05, 4.69) is 42.9 Å². The Morgan fingerprint density at radius 1 is 1.17 bits per heavy atom. The Bertz CT molecular complexity index is 256. The Morgan fingerprint density at radius 3 is 2.56 bits per heavy atom. The Hall–Kier alpha value is -0.120. The van der Waals surface area contributed by atoms with Gasteiger partial charge >= 0.3 is 0 Å². The second-order valence-corrected chi connectivity index (χ2v) is 6.35. The molecule has 1 N–H and O–H groups in total. The van der Waals surface area contributed by atoms with Crippen LogP contribution in [0.4, 0.5) is 0 Å². The molecule has 3 heteroatoms. The lowest BCUT2D eigenvalue weighted by Gasteiger charge is -2.47. The molecule has 0 bridgehead atoms. The van der Waals surface area contributed by atoms with Crippen molar-refractivity contribution in [3.05, 3.63) is 0 Å². The average Bonchev–Trinajstić information content (AvgIpc) is 2.38. The molecule has 0 amide bonds. The van der Waals surface area contributed by atoms with Gasteiger partial charge in [0.05, 0.1) is 0 Å². The highest BCUT2D eigenvalue weighted by Gasteiger charge is 2.35. The number of hydrogen-bond acceptors (Lipinski definition) is 3. The van der Waals surface area contributed by atoms with Gasteiger partial charge in [0, 0.05) is 37.8 Å². The van der Waals surface area contributed by atoms with Gasteiger partial charge in [-0.2, -0.15) is 0 Å². The third-order valence-electron chi connectivity index (χ3n) is 5.12. The molecule has 3 nitrogen and oxygen atoms in total. The van der Waals surface area contributed by atoms with E-state index in [0.717, 1.165) is 18.0 Å². The van der Waals surface area contributed by atoms with Crippen LogP contribution in [0, 0.1) is 5.92 Å². The van der Waals surface area contributed by atoms with E-state index in [0.29, 0.717) is 6.04 Å². The Morgan fingerprint density at radius 2 is 1.94 bits per heavy atom. The maximum Gasteiger partial charge on any atom is 0.0252 e. The fourth-order valence-electron chi connectivity index (χ4n) is 3.89. The molecule has 106 valence electrons. The number of hydrogen-bond donors (Lipinski definition) is 1. The monoisotopic (exact) mass is 253 g/mol. The minimum Gasteiger partial charge on any atom is -0.315 e. The molecule has 4 unspecified atom stereocenters. The standard InChI is InChI=1S/C15H31N3/c1-5-17-8-9-18(11-13(17)3)15-10-12(2)6-7-14(15)16-4/h12-16H,5-11H2,1-4H3. The van der Waals surface area contributed by atoms with Crippen molar-refractivity contribution in [1.82, 2.24) is 15.1 Å². The molecule has 1 heterocycles. The summed E-state index contributed by atoms with van der Waals surface area (Å²) in [7, 11) is 2.14. The maximum atomic E-state index is 3.56. The van der Waals surface area contributed by atoms with E-state index in [4.69, 9.17) is 0 Å². The van der Waals surface area contributed by atoms with Crippen molar-refractivity contribution in [2.45, 2.75) is 58.2 Å². The third kappa shape index (κ3) is 3.06. The smallest absolute Gasteiger partial charge is 0.0252 e. The van der Waals surface area contributed by atoms with Crippen LogP contribution >= 0.6 is 0 Å². The van der Waals surface area contributed by atoms with Gasteiger partial charge in [0.2, 0.25) is 0 Å². The van der Waals surface area contributed by atoms with Gasteiger partial charge in [-0.1, -0.05) is 13.8 Å². The number of nitrogens with zero attached hydrogens (tertiary/aromatic N) is 2. The fraction of sp³-hybridized carbons (Fsp3) is 1.00. The zero-order valence-corrected chi connectivity index (χ0v) is 12.7. The van der Waals surface area contributed by atoms with Crippen molar-refractivity contribution in [3.8, 4) is 0 Å². The van der Waals surface area contributed by atoms with Crippen LogP contribution in [-0.4, -0.2) is 61.2 Å². The van der Waals surface area contributed by atoms with Crippen LogP contribution in [0.15, 0.2) is 0 Å². The largest absolute Gasteiger partial charge is 0.315 e.